The largest absolute Gasteiger partial charge is 0.379 e. The van der Waals surface area contributed by atoms with Gasteiger partial charge in [-0.25, -0.2) is 8.42 Å². The zero-order valence-electron chi connectivity index (χ0n) is 17.4. The van der Waals surface area contributed by atoms with Crippen LogP contribution in [0.2, 0.25) is 0 Å². The van der Waals surface area contributed by atoms with E-state index in [0.717, 1.165) is 16.8 Å². The van der Waals surface area contributed by atoms with Gasteiger partial charge >= 0.3 is 0 Å². The summed E-state index contributed by atoms with van der Waals surface area (Å²) in [5, 5.41) is 0. The quantitative estimate of drug-likeness (QED) is 0.750. The molecule has 1 amide bonds. The van der Waals surface area contributed by atoms with Crippen LogP contribution in [0.15, 0.2) is 41.3 Å². The number of amides is 1. The number of carbonyl (C=O) groups is 1. The van der Waals surface area contributed by atoms with Crippen molar-refractivity contribution >= 4 is 21.6 Å². The highest BCUT2D eigenvalue weighted by Crippen LogP contribution is 2.25. The molecule has 0 aromatic heterocycles. The number of rotatable bonds is 5. The second-order valence-electron chi connectivity index (χ2n) is 7.39. The summed E-state index contributed by atoms with van der Waals surface area (Å²) >= 11 is 0. The minimum absolute atomic E-state index is 0.182. The predicted molar refractivity (Wildman–Crippen MR) is 114 cm³/mol. The van der Waals surface area contributed by atoms with Crippen molar-refractivity contribution in [2.45, 2.75) is 32.6 Å². The molecule has 7 heteroatoms. The minimum atomic E-state index is -3.68. The van der Waals surface area contributed by atoms with Gasteiger partial charge in [0.1, 0.15) is 0 Å². The molecule has 0 saturated carbocycles. The highest BCUT2D eigenvalue weighted by molar-refractivity contribution is 7.89. The molecule has 1 fully saturated rings. The molecule has 2 aromatic carbocycles. The number of carbonyl (C=O) groups excluding carboxylic acids is 1. The number of morpholine rings is 1. The molecule has 0 bridgehead atoms. The van der Waals surface area contributed by atoms with Crippen molar-refractivity contribution < 1.29 is 17.9 Å². The van der Waals surface area contributed by atoms with E-state index in [2.05, 4.69) is 6.07 Å². The van der Waals surface area contributed by atoms with Gasteiger partial charge in [-0.05, 0) is 68.7 Å². The van der Waals surface area contributed by atoms with E-state index >= 15 is 0 Å². The molecule has 0 spiro atoms. The first kappa shape index (κ1) is 21.5. The Hall–Kier alpha value is -2.22. The van der Waals surface area contributed by atoms with E-state index in [-0.39, 0.29) is 10.8 Å². The van der Waals surface area contributed by atoms with Gasteiger partial charge in [-0.15, -0.1) is 0 Å². The Morgan fingerprint density at radius 3 is 2.24 bits per heavy atom. The van der Waals surface area contributed by atoms with Gasteiger partial charge < -0.3 is 9.64 Å². The summed E-state index contributed by atoms with van der Waals surface area (Å²) in [7, 11) is -3.68. The Kier molecular flexibility index (Phi) is 6.41. The van der Waals surface area contributed by atoms with Crippen LogP contribution in [-0.4, -0.2) is 51.5 Å². The molecule has 1 aliphatic heterocycles. The van der Waals surface area contributed by atoms with Gasteiger partial charge in [-0.3, -0.25) is 4.79 Å². The van der Waals surface area contributed by atoms with E-state index in [1.165, 1.54) is 10.4 Å². The molecule has 0 atom stereocenters. The predicted octanol–water partition coefficient (Wildman–Crippen LogP) is 3.30. The van der Waals surface area contributed by atoms with Crippen molar-refractivity contribution in [3.8, 4) is 0 Å². The Morgan fingerprint density at radius 2 is 1.66 bits per heavy atom. The fraction of sp³-hybridized carbons (Fsp3) is 0.409. The van der Waals surface area contributed by atoms with Crippen LogP contribution in [0.1, 0.15) is 34.0 Å². The number of benzene rings is 2. The number of anilines is 1. The van der Waals surface area contributed by atoms with Crippen molar-refractivity contribution in [2.75, 3.05) is 37.7 Å². The van der Waals surface area contributed by atoms with Crippen molar-refractivity contribution in [1.82, 2.24) is 4.31 Å². The van der Waals surface area contributed by atoms with Gasteiger partial charge in [0.25, 0.3) is 5.91 Å². The van der Waals surface area contributed by atoms with Crippen molar-refractivity contribution in [1.29, 1.82) is 0 Å². The summed E-state index contributed by atoms with van der Waals surface area (Å²) in [4.78, 5) is 15.1. The summed E-state index contributed by atoms with van der Waals surface area (Å²) in [6, 6.07) is 10.9. The average Bonchev–Trinajstić information content (AvgIpc) is 2.68. The highest BCUT2D eigenvalue weighted by Gasteiger charge is 2.29. The SMILES string of the molecule is CCN(C(=O)c1ccc(C)c(S(=O)(=O)N2CCOCC2)c1)c1cc(C)cc(C)c1. The molecule has 1 heterocycles. The molecule has 29 heavy (non-hydrogen) atoms. The normalized spacial score (nSPS) is 15.3. The lowest BCUT2D eigenvalue weighted by molar-refractivity contribution is 0.0730. The number of aryl methyl sites for hydroxylation is 3. The molecule has 0 unspecified atom stereocenters. The molecule has 6 nitrogen and oxygen atoms in total. The van der Waals surface area contributed by atoms with Crippen LogP contribution < -0.4 is 4.90 Å². The number of hydrogen-bond acceptors (Lipinski definition) is 4. The second kappa shape index (κ2) is 8.65. The fourth-order valence-electron chi connectivity index (χ4n) is 3.64. The van der Waals surface area contributed by atoms with Crippen LogP contribution >= 0.6 is 0 Å². The minimum Gasteiger partial charge on any atom is -0.379 e. The molecule has 1 saturated heterocycles. The molecular weight excluding hydrogens is 388 g/mol. The third kappa shape index (κ3) is 4.52. The molecule has 3 rings (SSSR count). The molecule has 1 aliphatic rings. The Balaban J connectivity index is 1.98. The van der Waals surface area contributed by atoms with Crippen LogP contribution in [0.3, 0.4) is 0 Å². The van der Waals surface area contributed by atoms with Crippen molar-refractivity contribution in [3.05, 3.63) is 58.7 Å². The lowest BCUT2D eigenvalue weighted by Gasteiger charge is -2.27. The maximum atomic E-state index is 13.3. The fourth-order valence-corrected chi connectivity index (χ4v) is 5.30. The topological polar surface area (TPSA) is 66.9 Å². The summed E-state index contributed by atoms with van der Waals surface area (Å²) in [6.45, 7) is 9.55. The van der Waals surface area contributed by atoms with Gasteiger partial charge in [-0.1, -0.05) is 12.1 Å². The Bertz CT molecular complexity index is 991. The van der Waals surface area contributed by atoms with E-state index < -0.39 is 10.0 Å². The molecule has 2 aromatic rings. The standard InChI is InChI=1S/C22H28N2O4S/c1-5-24(20-13-16(2)12-17(3)14-20)22(25)19-7-6-18(4)21(15-19)29(26,27)23-8-10-28-11-9-23/h6-7,12-15H,5,8-11H2,1-4H3. The first-order chi connectivity index (χ1) is 13.7. The second-order valence-corrected chi connectivity index (χ2v) is 9.30. The van der Waals surface area contributed by atoms with Crippen LogP contribution in [0.25, 0.3) is 0 Å². The summed E-state index contributed by atoms with van der Waals surface area (Å²) in [5.74, 6) is -0.212. The summed E-state index contributed by atoms with van der Waals surface area (Å²) < 4.78 is 32.9. The number of nitrogens with zero attached hydrogens (tertiary/aromatic N) is 2. The Morgan fingerprint density at radius 1 is 1.03 bits per heavy atom. The third-order valence-corrected chi connectivity index (χ3v) is 7.14. The third-order valence-electron chi connectivity index (χ3n) is 5.10. The van der Waals surface area contributed by atoms with Gasteiger partial charge in [0, 0.05) is 30.9 Å². The zero-order valence-corrected chi connectivity index (χ0v) is 18.3. The van der Waals surface area contributed by atoms with Gasteiger partial charge in [0.05, 0.1) is 18.1 Å². The average molecular weight is 417 g/mol. The molecule has 0 aliphatic carbocycles. The number of hydrogen-bond donors (Lipinski definition) is 0. The molecule has 156 valence electrons. The van der Waals surface area contributed by atoms with Crippen LogP contribution in [0, 0.1) is 20.8 Å². The van der Waals surface area contributed by atoms with E-state index in [1.807, 2.05) is 32.9 Å². The lowest BCUT2D eigenvalue weighted by Crippen LogP contribution is -2.41. The number of sulfonamides is 1. The number of ether oxygens (including phenoxy) is 1. The first-order valence-corrected chi connectivity index (χ1v) is 11.3. The maximum absolute atomic E-state index is 13.3. The molecule has 0 N–H and O–H groups in total. The summed E-state index contributed by atoms with van der Waals surface area (Å²) in [6.07, 6.45) is 0. The molecule has 0 radical (unpaired) electrons. The van der Waals surface area contributed by atoms with E-state index in [4.69, 9.17) is 4.74 Å². The van der Waals surface area contributed by atoms with Crippen molar-refractivity contribution in [3.63, 3.8) is 0 Å². The molecular formula is C22H28N2O4S. The van der Waals surface area contributed by atoms with E-state index in [9.17, 15) is 13.2 Å². The van der Waals surface area contributed by atoms with E-state index in [1.54, 1.807) is 24.0 Å². The summed E-state index contributed by atoms with van der Waals surface area (Å²) in [5.41, 5.74) is 3.95. The van der Waals surface area contributed by atoms with E-state index in [0.29, 0.717) is 44.0 Å². The smallest absolute Gasteiger partial charge is 0.258 e. The van der Waals surface area contributed by atoms with Crippen molar-refractivity contribution in [2.24, 2.45) is 0 Å². The van der Waals surface area contributed by atoms with Crippen LogP contribution in [-0.2, 0) is 14.8 Å². The monoisotopic (exact) mass is 416 g/mol. The lowest BCUT2D eigenvalue weighted by atomic mass is 10.1. The zero-order chi connectivity index (χ0) is 21.2. The Labute approximate surface area is 173 Å². The first-order valence-electron chi connectivity index (χ1n) is 9.82. The van der Waals surface area contributed by atoms with Crippen LogP contribution in [0.5, 0.6) is 0 Å². The van der Waals surface area contributed by atoms with Gasteiger partial charge in [0.15, 0.2) is 0 Å². The van der Waals surface area contributed by atoms with Gasteiger partial charge in [-0.2, -0.15) is 4.31 Å². The maximum Gasteiger partial charge on any atom is 0.258 e. The van der Waals surface area contributed by atoms with Gasteiger partial charge in [0.2, 0.25) is 10.0 Å². The van der Waals surface area contributed by atoms with Crippen LogP contribution in [0.4, 0.5) is 5.69 Å². The highest BCUT2D eigenvalue weighted by atomic mass is 32.2.